The number of benzene rings is 1. The van der Waals surface area contributed by atoms with Crippen LogP contribution in [0.2, 0.25) is 0 Å². The van der Waals surface area contributed by atoms with Crippen LogP contribution in [0, 0.1) is 0 Å². The molecule has 1 aliphatic rings. The summed E-state index contributed by atoms with van der Waals surface area (Å²) in [5, 5.41) is 0. The Balaban J connectivity index is 2.26. The number of aliphatic imine (C=N–C) groups is 2. The molecule has 0 saturated heterocycles. The normalized spacial score (nSPS) is 19.3. The minimum Gasteiger partial charge on any atom is -0.336 e. The highest BCUT2D eigenvalue weighted by atomic mass is 35.6. The van der Waals surface area contributed by atoms with Crippen molar-refractivity contribution in [1.82, 2.24) is 4.90 Å². The zero-order valence-corrected chi connectivity index (χ0v) is 15.6. The summed E-state index contributed by atoms with van der Waals surface area (Å²) in [5.41, 5.74) is 0.863. The summed E-state index contributed by atoms with van der Waals surface area (Å²) in [7, 11) is 0. The fraction of sp³-hybridized carbons (Fsp3) is 0.385. The molecule has 1 heterocycles. The van der Waals surface area contributed by atoms with Gasteiger partial charge in [-0.25, -0.2) is 9.98 Å². The number of amidine groups is 1. The van der Waals surface area contributed by atoms with Gasteiger partial charge in [-0.2, -0.15) is 0 Å². The Morgan fingerprint density at radius 3 is 2.14 bits per heavy atom. The molecule has 0 amide bonds. The van der Waals surface area contributed by atoms with E-state index in [1.807, 2.05) is 30.3 Å². The lowest BCUT2D eigenvalue weighted by atomic mass is 10.2. The van der Waals surface area contributed by atoms with Crippen LogP contribution in [0.1, 0.15) is 12.0 Å². The highest BCUT2D eigenvalue weighted by Gasteiger charge is 2.34. The second kappa shape index (κ2) is 7.33. The van der Waals surface area contributed by atoms with Crippen molar-refractivity contribution in [3.05, 3.63) is 35.9 Å². The first-order valence-corrected chi connectivity index (χ1v) is 8.47. The van der Waals surface area contributed by atoms with E-state index in [4.69, 9.17) is 69.6 Å². The fourth-order valence-corrected chi connectivity index (χ4v) is 2.74. The third-order valence-electron chi connectivity index (χ3n) is 2.79. The highest BCUT2D eigenvalue weighted by molar-refractivity contribution is 6.68. The summed E-state index contributed by atoms with van der Waals surface area (Å²) in [6.07, 6.45) is 1.20. The van der Waals surface area contributed by atoms with Crippen LogP contribution in [0.4, 0.5) is 0 Å². The Morgan fingerprint density at radius 2 is 1.59 bits per heavy atom. The standard InChI is InChI=1S/C13H11Cl6N3/c14-12(15,16)6-10-21-11(9-4-2-1-3-5-9)20-8-22(10)7-13(17,18)19/h1-5,8,10H,6-7H2. The maximum Gasteiger partial charge on any atom is 0.207 e. The first-order chi connectivity index (χ1) is 10.1. The van der Waals surface area contributed by atoms with Gasteiger partial charge in [0, 0.05) is 12.0 Å². The molecule has 0 radical (unpaired) electrons. The van der Waals surface area contributed by atoms with Crippen LogP contribution in [0.25, 0.3) is 0 Å². The Morgan fingerprint density at radius 1 is 0.955 bits per heavy atom. The summed E-state index contributed by atoms with van der Waals surface area (Å²) < 4.78 is -2.97. The van der Waals surface area contributed by atoms with Crippen molar-refractivity contribution in [2.45, 2.75) is 20.2 Å². The van der Waals surface area contributed by atoms with Gasteiger partial charge in [0.1, 0.15) is 6.17 Å². The molecule has 0 bridgehead atoms. The molecule has 0 N–H and O–H groups in total. The molecule has 3 nitrogen and oxygen atoms in total. The SMILES string of the molecule is ClC(Cl)(Cl)CC1N=C(c2ccccc2)N=CN1CC(Cl)(Cl)Cl. The number of hydrogen-bond acceptors (Lipinski definition) is 3. The average molecular weight is 422 g/mol. The zero-order chi connectivity index (χ0) is 16.4. The van der Waals surface area contributed by atoms with E-state index in [1.54, 1.807) is 11.2 Å². The molecule has 0 aromatic heterocycles. The maximum atomic E-state index is 5.89. The zero-order valence-electron chi connectivity index (χ0n) is 11.1. The van der Waals surface area contributed by atoms with E-state index in [0.717, 1.165) is 5.56 Å². The van der Waals surface area contributed by atoms with Crippen molar-refractivity contribution in [2.75, 3.05) is 6.54 Å². The molecule has 0 fully saturated rings. The van der Waals surface area contributed by atoms with E-state index in [-0.39, 0.29) is 13.0 Å². The van der Waals surface area contributed by atoms with Crippen molar-refractivity contribution in [3.63, 3.8) is 0 Å². The maximum absolute atomic E-state index is 5.89. The summed E-state index contributed by atoms with van der Waals surface area (Å²) >= 11 is 35.2. The van der Waals surface area contributed by atoms with E-state index in [0.29, 0.717) is 5.84 Å². The lowest BCUT2D eigenvalue weighted by molar-refractivity contribution is 0.315. The Labute approximate surface area is 158 Å². The highest BCUT2D eigenvalue weighted by Crippen LogP contribution is 2.35. The summed E-state index contributed by atoms with van der Waals surface area (Å²) in [6.45, 7) is 0.0815. The molecular formula is C13H11Cl6N3. The van der Waals surface area contributed by atoms with E-state index in [9.17, 15) is 0 Å². The quantitative estimate of drug-likeness (QED) is 0.614. The molecule has 0 saturated carbocycles. The minimum absolute atomic E-state index is 0.0815. The predicted octanol–water partition coefficient (Wildman–Crippen LogP) is 5.23. The Kier molecular flexibility index (Phi) is 6.14. The van der Waals surface area contributed by atoms with Crippen molar-refractivity contribution in [1.29, 1.82) is 0 Å². The van der Waals surface area contributed by atoms with Gasteiger partial charge in [-0.15, -0.1) is 0 Å². The average Bonchev–Trinajstić information content (AvgIpc) is 2.38. The third kappa shape index (κ3) is 5.95. The fourth-order valence-electron chi connectivity index (χ4n) is 1.91. The van der Waals surface area contributed by atoms with Gasteiger partial charge in [-0.3, -0.25) is 0 Å². The van der Waals surface area contributed by atoms with Crippen LogP contribution >= 0.6 is 69.6 Å². The summed E-state index contributed by atoms with van der Waals surface area (Å²) in [5.74, 6) is 0.542. The molecule has 1 aromatic carbocycles. The van der Waals surface area contributed by atoms with Gasteiger partial charge in [0.15, 0.2) is 9.63 Å². The molecule has 22 heavy (non-hydrogen) atoms. The molecule has 1 aromatic rings. The Hall–Kier alpha value is 0.1000. The number of rotatable bonds is 3. The molecule has 120 valence electrons. The summed E-state index contributed by atoms with van der Waals surface area (Å²) in [4.78, 5) is 10.4. The van der Waals surface area contributed by atoms with Crippen LogP contribution in [0.5, 0.6) is 0 Å². The van der Waals surface area contributed by atoms with Gasteiger partial charge in [-0.1, -0.05) is 99.9 Å². The number of alkyl halides is 6. The van der Waals surface area contributed by atoms with Crippen molar-refractivity contribution in [2.24, 2.45) is 9.98 Å². The van der Waals surface area contributed by atoms with Crippen LogP contribution in [0.3, 0.4) is 0 Å². The second-order valence-electron chi connectivity index (χ2n) is 4.65. The van der Waals surface area contributed by atoms with E-state index in [2.05, 4.69) is 9.98 Å². The van der Waals surface area contributed by atoms with Gasteiger partial charge in [0.2, 0.25) is 3.79 Å². The van der Waals surface area contributed by atoms with Crippen LogP contribution in [-0.4, -0.2) is 37.4 Å². The number of hydrogen-bond donors (Lipinski definition) is 0. The van der Waals surface area contributed by atoms with Gasteiger partial charge in [0.25, 0.3) is 0 Å². The molecule has 0 aliphatic carbocycles. The van der Waals surface area contributed by atoms with Crippen LogP contribution in [-0.2, 0) is 0 Å². The first-order valence-electron chi connectivity index (χ1n) is 6.21. The first kappa shape index (κ1) is 18.4. The van der Waals surface area contributed by atoms with Crippen molar-refractivity contribution >= 4 is 81.8 Å². The van der Waals surface area contributed by atoms with E-state index >= 15 is 0 Å². The van der Waals surface area contributed by atoms with Crippen molar-refractivity contribution < 1.29 is 0 Å². The molecule has 9 heteroatoms. The predicted molar refractivity (Wildman–Crippen MR) is 97.2 cm³/mol. The second-order valence-corrected chi connectivity index (χ2v) is 9.68. The molecule has 2 rings (SSSR count). The molecule has 1 unspecified atom stereocenters. The van der Waals surface area contributed by atoms with Gasteiger partial charge < -0.3 is 4.90 Å². The van der Waals surface area contributed by atoms with E-state index in [1.165, 1.54) is 0 Å². The third-order valence-corrected chi connectivity index (χ3v) is 3.61. The number of halogens is 6. The molecule has 1 atom stereocenters. The smallest absolute Gasteiger partial charge is 0.207 e. The van der Waals surface area contributed by atoms with Crippen molar-refractivity contribution in [3.8, 4) is 0 Å². The van der Waals surface area contributed by atoms with Crippen LogP contribution in [0.15, 0.2) is 40.3 Å². The molecule has 0 spiro atoms. The molecular weight excluding hydrogens is 411 g/mol. The summed E-state index contributed by atoms with van der Waals surface area (Å²) in [6, 6.07) is 9.49. The van der Waals surface area contributed by atoms with Crippen LogP contribution < -0.4 is 0 Å². The largest absolute Gasteiger partial charge is 0.336 e. The lowest BCUT2D eigenvalue weighted by Gasteiger charge is -2.33. The minimum atomic E-state index is -1.49. The topological polar surface area (TPSA) is 28.0 Å². The van der Waals surface area contributed by atoms with Gasteiger partial charge in [-0.05, 0) is 0 Å². The lowest BCUT2D eigenvalue weighted by Crippen LogP contribution is -2.43. The van der Waals surface area contributed by atoms with Gasteiger partial charge in [0.05, 0.1) is 12.9 Å². The van der Waals surface area contributed by atoms with E-state index < -0.39 is 13.8 Å². The number of nitrogens with zero attached hydrogens (tertiary/aromatic N) is 3. The molecule has 1 aliphatic heterocycles. The monoisotopic (exact) mass is 419 g/mol. The van der Waals surface area contributed by atoms with Gasteiger partial charge >= 0.3 is 0 Å². The Bertz CT molecular complexity index is 561.